The van der Waals surface area contributed by atoms with Gasteiger partial charge >= 0.3 is 6.61 Å². The molecular weight excluding hydrogens is 316 g/mol. The number of hydrogen-bond acceptors (Lipinski definition) is 3. The molecule has 2 unspecified atom stereocenters. The molecule has 5 nitrogen and oxygen atoms in total. The van der Waals surface area contributed by atoms with Crippen molar-refractivity contribution in [2.45, 2.75) is 44.9 Å². The largest absolute Gasteiger partial charge is 0.434 e. The predicted octanol–water partition coefficient (Wildman–Crippen LogP) is 3.03. The van der Waals surface area contributed by atoms with Gasteiger partial charge in [0.25, 0.3) is 5.91 Å². The van der Waals surface area contributed by atoms with E-state index in [1.165, 1.54) is 6.07 Å². The van der Waals surface area contributed by atoms with Crippen LogP contribution in [0.3, 0.4) is 0 Å². The Morgan fingerprint density at radius 3 is 2.92 bits per heavy atom. The zero-order valence-electron chi connectivity index (χ0n) is 13.4. The van der Waals surface area contributed by atoms with E-state index in [9.17, 15) is 13.6 Å². The van der Waals surface area contributed by atoms with E-state index in [1.54, 1.807) is 18.2 Å². The molecule has 0 bridgehead atoms. The number of H-pyrrole nitrogens is 1. The van der Waals surface area contributed by atoms with Crippen LogP contribution < -0.4 is 15.4 Å². The molecule has 7 heteroatoms. The summed E-state index contributed by atoms with van der Waals surface area (Å²) >= 11 is 0. The monoisotopic (exact) mass is 337 g/mol. The van der Waals surface area contributed by atoms with Crippen molar-refractivity contribution in [1.29, 1.82) is 0 Å². The number of alkyl halides is 2. The van der Waals surface area contributed by atoms with E-state index in [2.05, 4.69) is 20.4 Å². The molecule has 3 rings (SSSR count). The van der Waals surface area contributed by atoms with E-state index in [-0.39, 0.29) is 23.7 Å². The molecule has 2 atom stereocenters. The van der Waals surface area contributed by atoms with Crippen LogP contribution in [0.5, 0.6) is 5.75 Å². The third-order valence-electron chi connectivity index (χ3n) is 4.40. The van der Waals surface area contributed by atoms with Crippen LogP contribution in [0.15, 0.2) is 24.3 Å². The number of fused-ring (bicyclic) bond motifs is 1. The van der Waals surface area contributed by atoms with Crippen molar-refractivity contribution in [3.63, 3.8) is 0 Å². The van der Waals surface area contributed by atoms with Crippen molar-refractivity contribution < 1.29 is 18.3 Å². The number of rotatable bonds is 5. The molecule has 1 aromatic heterocycles. The third-order valence-corrected chi connectivity index (χ3v) is 4.40. The Kier molecular flexibility index (Phi) is 4.99. The van der Waals surface area contributed by atoms with Gasteiger partial charge in [-0.1, -0.05) is 12.5 Å². The molecule has 3 N–H and O–H groups in total. The summed E-state index contributed by atoms with van der Waals surface area (Å²) in [5, 5.41) is 6.83. The van der Waals surface area contributed by atoms with Crippen molar-refractivity contribution in [3.8, 4) is 5.75 Å². The lowest BCUT2D eigenvalue weighted by Gasteiger charge is -2.29. The highest BCUT2D eigenvalue weighted by atomic mass is 19.3. The molecule has 0 saturated carbocycles. The first kappa shape index (κ1) is 16.7. The maximum absolute atomic E-state index is 12.5. The maximum atomic E-state index is 12.5. The van der Waals surface area contributed by atoms with Crippen molar-refractivity contribution in [2.75, 3.05) is 6.54 Å². The fourth-order valence-electron chi connectivity index (χ4n) is 3.14. The molecule has 0 aliphatic carbocycles. The van der Waals surface area contributed by atoms with Gasteiger partial charge in [-0.05, 0) is 44.5 Å². The Balaban J connectivity index is 1.75. The lowest BCUT2D eigenvalue weighted by Crippen LogP contribution is -2.50. The first-order chi connectivity index (χ1) is 11.5. The highest BCUT2D eigenvalue weighted by Crippen LogP contribution is 2.27. The number of piperidine rings is 1. The van der Waals surface area contributed by atoms with E-state index >= 15 is 0 Å². The van der Waals surface area contributed by atoms with Gasteiger partial charge in [-0.3, -0.25) is 4.79 Å². The second kappa shape index (κ2) is 7.17. The third kappa shape index (κ3) is 3.67. The normalized spacial score (nSPS) is 19.4. The Bertz CT molecular complexity index is 711. The number of amides is 1. The van der Waals surface area contributed by atoms with Crippen LogP contribution in [0.25, 0.3) is 10.9 Å². The van der Waals surface area contributed by atoms with Crippen LogP contribution in [0, 0.1) is 0 Å². The average Bonchev–Trinajstić information content (AvgIpc) is 3.00. The highest BCUT2D eigenvalue weighted by molar-refractivity contribution is 5.99. The predicted molar refractivity (Wildman–Crippen MR) is 87.5 cm³/mol. The number of nitrogens with one attached hydrogen (secondary N) is 3. The standard InChI is InChI=1S/C17H21F2N3O2/c1-10(12-5-2-3-8-20-12)21-16(23)14-9-11-13(22-14)6-4-7-15(11)24-17(18)19/h4,6-7,9-10,12,17,20,22H,2-3,5,8H2,1H3,(H,21,23). The second-order valence-corrected chi connectivity index (χ2v) is 6.10. The Hall–Kier alpha value is -2.15. The van der Waals surface area contributed by atoms with Crippen LogP contribution in [-0.2, 0) is 0 Å². The van der Waals surface area contributed by atoms with Gasteiger partial charge in [-0.15, -0.1) is 0 Å². The van der Waals surface area contributed by atoms with E-state index < -0.39 is 6.61 Å². The lowest BCUT2D eigenvalue weighted by atomic mass is 9.99. The summed E-state index contributed by atoms with van der Waals surface area (Å²) in [4.78, 5) is 15.4. The molecule has 1 aliphatic rings. The molecule has 0 spiro atoms. The van der Waals surface area contributed by atoms with Gasteiger partial charge in [0.1, 0.15) is 11.4 Å². The van der Waals surface area contributed by atoms with Gasteiger partial charge in [-0.2, -0.15) is 8.78 Å². The summed E-state index contributed by atoms with van der Waals surface area (Å²) in [5.41, 5.74) is 0.916. The first-order valence-corrected chi connectivity index (χ1v) is 8.15. The summed E-state index contributed by atoms with van der Waals surface area (Å²) in [6, 6.07) is 6.57. The molecular formula is C17H21F2N3O2. The molecule has 0 radical (unpaired) electrons. The number of ether oxygens (including phenoxy) is 1. The molecule has 2 heterocycles. The molecule has 130 valence electrons. The molecule has 1 aromatic carbocycles. The fraction of sp³-hybridized carbons (Fsp3) is 0.471. The van der Waals surface area contributed by atoms with E-state index in [1.807, 2.05) is 6.92 Å². The number of benzene rings is 1. The molecule has 2 aromatic rings. The summed E-state index contributed by atoms with van der Waals surface area (Å²) in [7, 11) is 0. The summed E-state index contributed by atoms with van der Waals surface area (Å²) < 4.78 is 29.4. The number of carbonyl (C=O) groups excluding carboxylic acids is 1. The van der Waals surface area contributed by atoms with Crippen molar-refractivity contribution >= 4 is 16.8 Å². The van der Waals surface area contributed by atoms with Gasteiger partial charge in [0, 0.05) is 23.0 Å². The van der Waals surface area contributed by atoms with Crippen molar-refractivity contribution in [3.05, 3.63) is 30.0 Å². The minimum atomic E-state index is -2.90. The smallest absolute Gasteiger partial charge is 0.387 e. The van der Waals surface area contributed by atoms with Crippen molar-refractivity contribution in [2.24, 2.45) is 0 Å². The molecule has 1 aliphatic heterocycles. The van der Waals surface area contributed by atoms with Crippen LogP contribution in [0.1, 0.15) is 36.7 Å². The number of hydrogen-bond donors (Lipinski definition) is 3. The molecule has 1 amide bonds. The zero-order valence-corrected chi connectivity index (χ0v) is 13.4. The summed E-state index contributed by atoms with van der Waals surface area (Å²) in [6.07, 6.45) is 3.34. The van der Waals surface area contributed by atoms with E-state index in [0.29, 0.717) is 16.6 Å². The van der Waals surface area contributed by atoms with Crippen LogP contribution in [-0.4, -0.2) is 36.1 Å². The lowest BCUT2D eigenvalue weighted by molar-refractivity contribution is -0.0487. The van der Waals surface area contributed by atoms with Crippen LogP contribution >= 0.6 is 0 Å². The molecule has 1 saturated heterocycles. The number of aromatic amines is 1. The second-order valence-electron chi connectivity index (χ2n) is 6.10. The number of aromatic nitrogens is 1. The van der Waals surface area contributed by atoms with E-state index in [0.717, 1.165) is 25.8 Å². The highest BCUT2D eigenvalue weighted by Gasteiger charge is 2.22. The quantitative estimate of drug-likeness (QED) is 0.786. The molecule has 1 fully saturated rings. The van der Waals surface area contributed by atoms with E-state index in [4.69, 9.17) is 0 Å². The van der Waals surface area contributed by atoms with Gasteiger partial charge in [0.15, 0.2) is 0 Å². The number of carbonyl (C=O) groups is 1. The van der Waals surface area contributed by atoms with Gasteiger partial charge in [-0.25, -0.2) is 0 Å². The summed E-state index contributed by atoms with van der Waals surface area (Å²) in [6.45, 7) is 0.0284. The minimum Gasteiger partial charge on any atom is -0.434 e. The van der Waals surface area contributed by atoms with Crippen molar-refractivity contribution in [1.82, 2.24) is 15.6 Å². The average molecular weight is 337 g/mol. The van der Waals surface area contributed by atoms with Crippen LogP contribution in [0.2, 0.25) is 0 Å². The van der Waals surface area contributed by atoms with Gasteiger partial charge in [0.05, 0.1) is 0 Å². The fourth-order valence-corrected chi connectivity index (χ4v) is 3.14. The Morgan fingerprint density at radius 2 is 2.21 bits per heavy atom. The number of halogens is 2. The SMILES string of the molecule is CC(NC(=O)c1cc2c(OC(F)F)cccc2[nH]1)C1CCCCN1. The van der Waals surface area contributed by atoms with Gasteiger partial charge < -0.3 is 20.4 Å². The Labute approximate surface area is 138 Å². The van der Waals surface area contributed by atoms with Gasteiger partial charge in [0.2, 0.25) is 0 Å². The zero-order chi connectivity index (χ0) is 17.1. The topological polar surface area (TPSA) is 66.1 Å². The minimum absolute atomic E-state index is 0.0130. The first-order valence-electron chi connectivity index (χ1n) is 8.15. The summed E-state index contributed by atoms with van der Waals surface area (Å²) in [5.74, 6) is -0.200. The molecule has 24 heavy (non-hydrogen) atoms. The Morgan fingerprint density at radius 1 is 1.38 bits per heavy atom. The maximum Gasteiger partial charge on any atom is 0.387 e. The van der Waals surface area contributed by atoms with Crippen LogP contribution in [0.4, 0.5) is 8.78 Å².